The Morgan fingerprint density at radius 1 is 1.07 bits per heavy atom. The van der Waals surface area contributed by atoms with E-state index in [9.17, 15) is 0 Å². The van der Waals surface area contributed by atoms with E-state index in [-0.39, 0.29) is 0 Å². The van der Waals surface area contributed by atoms with Crippen LogP contribution in [-0.4, -0.2) is 54.7 Å². The molecule has 3 heterocycles. The molecule has 2 aromatic rings. The Balaban J connectivity index is 1.43. The molecule has 0 saturated carbocycles. The number of pyridine rings is 1. The van der Waals surface area contributed by atoms with Crippen LogP contribution in [0.25, 0.3) is 0 Å². The number of ether oxygens (including phenoxy) is 2. The van der Waals surface area contributed by atoms with Gasteiger partial charge in [-0.05, 0) is 68.1 Å². The molecule has 1 aromatic carbocycles. The van der Waals surface area contributed by atoms with Crippen LogP contribution >= 0.6 is 0 Å². The van der Waals surface area contributed by atoms with Crippen molar-refractivity contribution >= 4 is 0 Å². The van der Waals surface area contributed by atoms with Crippen molar-refractivity contribution in [2.75, 3.05) is 33.9 Å². The van der Waals surface area contributed by atoms with E-state index in [1.807, 2.05) is 0 Å². The number of rotatable bonds is 5. The number of piperidine rings is 1. The average Bonchev–Trinajstić information content (AvgIpc) is 2.72. The molecule has 1 atom stereocenters. The largest absolute Gasteiger partial charge is 0.493 e. The Bertz CT molecular complexity index is 823. The van der Waals surface area contributed by atoms with Crippen molar-refractivity contribution in [1.29, 1.82) is 0 Å². The highest BCUT2D eigenvalue weighted by Crippen LogP contribution is 2.34. The first-order valence-electron chi connectivity index (χ1n) is 10.3. The lowest BCUT2D eigenvalue weighted by Crippen LogP contribution is -2.49. The van der Waals surface area contributed by atoms with E-state index in [0.29, 0.717) is 6.04 Å². The molecule has 0 N–H and O–H groups in total. The molecular formula is C23H31N3O2. The lowest BCUT2D eigenvalue weighted by molar-refractivity contribution is 0.0830. The predicted molar refractivity (Wildman–Crippen MR) is 111 cm³/mol. The number of benzene rings is 1. The normalized spacial score (nSPS) is 20.6. The molecule has 0 unspecified atom stereocenters. The number of hydrogen-bond acceptors (Lipinski definition) is 5. The van der Waals surface area contributed by atoms with Crippen molar-refractivity contribution in [3.63, 3.8) is 0 Å². The molecule has 2 aliphatic heterocycles. The second-order valence-corrected chi connectivity index (χ2v) is 8.00. The van der Waals surface area contributed by atoms with Crippen LogP contribution < -0.4 is 9.47 Å². The Kier molecular flexibility index (Phi) is 5.83. The van der Waals surface area contributed by atoms with E-state index in [4.69, 9.17) is 9.47 Å². The van der Waals surface area contributed by atoms with Gasteiger partial charge in [0.05, 0.1) is 19.9 Å². The van der Waals surface area contributed by atoms with E-state index in [0.717, 1.165) is 49.8 Å². The van der Waals surface area contributed by atoms with Crippen LogP contribution in [0.4, 0.5) is 0 Å². The van der Waals surface area contributed by atoms with E-state index < -0.39 is 0 Å². The minimum absolute atomic E-state index is 0.611. The van der Waals surface area contributed by atoms with Gasteiger partial charge in [0.2, 0.25) is 0 Å². The molecule has 150 valence electrons. The summed E-state index contributed by atoms with van der Waals surface area (Å²) in [7, 11) is 3.42. The van der Waals surface area contributed by atoms with Gasteiger partial charge in [0.25, 0.3) is 0 Å². The summed E-state index contributed by atoms with van der Waals surface area (Å²) in [4.78, 5) is 9.92. The summed E-state index contributed by atoms with van der Waals surface area (Å²) in [6.07, 6.45) is 3.61. The quantitative estimate of drug-likeness (QED) is 0.793. The summed E-state index contributed by atoms with van der Waals surface area (Å²) >= 11 is 0. The number of fused-ring (bicyclic) bond motifs is 1. The summed E-state index contributed by atoms with van der Waals surface area (Å²) in [5.74, 6) is 1.67. The van der Waals surface area contributed by atoms with Crippen LogP contribution in [0, 0.1) is 6.92 Å². The Morgan fingerprint density at radius 2 is 1.86 bits per heavy atom. The van der Waals surface area contributed by atoms with Crippen LogP contribution in [-0.2, 0) is 19.5 Å². The van der Waals surface area contributed by atoms with Crippen molar-refractivity contribution in [1.82, 2.24) is 14.8 Å². The fraction of sp³-hybridized carbons (Fsp3) is 0.522. The third-order valence-corrected chi connectivity index (χ3v) is 6.08. The van der Waals surface area contributed by atoms with Crippen LogP contribution in [0.2, 0.25) is 0 Å². The smallest absolute Gasteiger partial charge is 0.161 e. The zero-order valence-electron chi connectivity index (χ0n) is 17.3. The maximum absolute atomic E-state index is 5.52. The topological polar surface area (TPSA) is 37.8 Å². The second-order valence-electron chi connectivity index (χ2n) is 8.00. The van der Waals surface area contributed by atoms with E-state index >= 15 is 0 Å². The van der Waals surface area contributed by atoms with Gasteiger partial charge in [0, 0.05) is 37.9 Å². The first-order valence-corrected chi connectivity index (χ1v) is 10.3. The summed E-state index contributed by atoms with van der Waals surface area (Å²) in [5.41, 5.74) is 5.05. The first kappa shape index (κ1) is 19.2. The molecule has 2 aliphatic rings. The molecule has 4 rings (SSSR count). The summed E-state index contributed by atoms with van der Waals surface area (Å²) in [6, 6.07) is 11.3. The molecule has 0 radical (unpaired) electrons. The van der Waals surface area contributed by atoms with Crippen molar-refractivity contribution in [3.8, 4) is 11.5 Å². The minimum Gasteiger partial charge on any atom is -0.493 e. The number of hydrogen-bond donors (Lipinski definition) is 0. The van der Waals surface area contributed by atoms with Gasteiger partial charge >= 0.3 is 0 Å². The molecule has 1 aromatic heterocycles. The molecule has 0 spiro atoms. The molecule has 5 heteroatoms. The van der Waals surface area contributed by atoms with Crippen molar-refractivity contribution in [3.05, 3.63) is 52.8 Å². The predicted octanol–water partition coefficient (Wildman–Crippen LogP) is 3.43. The third kappa shape index (κ3) is 4.15. The number of likely N-dealkylation sites (tertiary alicyclic amines) is 1. The number of methoxy groups -OCH3 is 2. The molecule has 0 bridgehead atoms. The zero-order valence-corrected chi connectivity index (χ0v) is 17.3. The molecule has 0 aliphatic carbocycles. The third-order valence-electron chi connectivity index (χ3n) is 6.08. The Labute approximate surface area is 168 Å². The van der Waals surface area contributed by atoms with E-state index in [1.165, 1.54) is 36.2 Å². The molecule has 28 heavy (non-hydrogen) atoms. The molecular weight excluding hydrogens is 350 g/mol. The van der Waals surface area contributed by atoms with Gasteiger partial charge in [-0.15, -0.1) is 0 Å². The van der Waals surface area contributed by atoms with Crippen molar-refractivity contribution in [2.45, 2.75) is 45.3 Å². The zero-order chi connectivity index (χ0) is 19.5. The summed E-state index contributed by atoms with van der Waals surface area (Å²) in [5, 5.41) is 0. The standard InChI is InChI=1S/C23H31N3O2/c1-17-6-4-7-20(24-17)15-25-10-5-8-21(16-25)26-11-9-18-12-22(27-2)23(28-3)13-19(18)14-26/h4,6-7,12-13,21H,5,8-11,14-16H2,1-3H3/t21-/m0/s1. The van der Waals surface area contributed by atoms with E-state index in [2.05, 4.69) is 52.0 Å². The molecule has 0 amide bonds. The van der Waals surface area contributed by atoms with Crippen molar-refractivity contribution < 1.29 is 9.47 Å². The first-order chi connectivity index (χ1) is 13.7. The van der Waals surface area contributed by atoms with Crippen LogP contribution in [0.1, 0.15) is 35.4 Å². The lowest BCUT2D eigenvalue weighted by Gasteiger charge is -2.41. The van der Waals surface area contributed by atoms with Crippen molar-refractivity contribution in [2.24, 2.45) is 0 Å². The SMILES string of the molecule is COc1cc2c(cc1OC)CN([C@H]1CCCN(Cc3cccc(C)n3)C1)CC2. The minimum atomic E-state index is 0.611. The van der Waals surface area contributed by atoms with Gasteiger partial charge in [-0.1, -0.05) is 6.07 Å². The van der Waals surface area contributed by atoms with Crippen LogP contribution in [0.5, 0.6) is 11.5 Å². The maximum Gasteiger partial charge on any atom is 0.161 e. The van der Waals surface area contributed by atoms with Crippen LogP contribution in [0.15, 0.2) is 30.3 Å². The fourth-order valence-corrected chi connectivity index (χ4v) is 4.61. The highest BCUT2D eigenvalue weighted by molar-refractivity contribution is 5.48. The monoisotopic (exact) mass is 381 g/mol. The number of aromatic nitrogens is 1. The van der Waals surface area contributed by atoms with E-state index in [1.54, 1.807) is 14.2 Å². The van der Waals surface area contributed by atoms with Gasteiger partial charge in [-0.3, -0.25) is 14.8 Å². The molecule has 5 nitrogen and oxygen atoms in total. The lowest BCUT2D eigenvalue weighted by atomic mass is 9.95. The van der Waals surface area contributed by atoms with Gasteiger partial charge in [0.1, 0.15) is 0 Å². The highest BCUT2D eigenvalue weighted by Gasteiger charge is 2.29. The number of nitrogens with zero attached hydrogens (tertiary/aromatic N) is 3. The summed E-state index contributed by atoms with van der Waals surface area (Å²) in [6.45, 7) is 7.42. The van der Waals surface area contributed by atoms with Crippen LogP contribution in [0.3, 0.4) is 0 Å². The Hall–Kier alpha value is -2.11. The number of aryl methyl sites for hydroxylation is 1. The van der Waals surface area contributed by atoms with Gasteiger partial charge < -0.3 is 9.47 Å². The van der Waals surface area contributed by atoms with Gasteiger partial charge in [0.15, 0.2) is 11.5 Å². The van der Waals surface area contributed by atoms with Gasteiger partial charge in [-0.2, -0.15) is 0 Å². The summed E-state index contributed by atoms with van der Waals surface area (Å²) < 4.78 is 11.0. The average molecular weight is 382 g/mol. The fourth-order valence-electron chi connectivity index (χ4n) is 4.61. The highest BCUT2D eigenvalue weighted by atomic mass is 16.5. The molecule has 1 fully saturated rings. The second kappa shape index (κ2) is 8.50. The maximum atomic E-state index is 5.52. The molecule has 1 saturated heterocycles. The van der Waals surface area contributed by atoms with Gasteiger partial charge in [-0.25, -0.2) is 0 Å². The Morgan fingerprint density at radius 3 is 2.61 bits per heavy atom.